The highest BCUT2D eigenvalue weighted by atomic mass is 19.1. The topological polar surface area (TPSA) is 83.8 Å². The molecule has 102 valence electrons. The van der Waals surface area contributed by atoms with Crippen molar-refractivity contribution in [3.63, 3.8) is 0 Å². The molecule has 1 fully saturated rings. The molecule has 5 N–H and O–H groups in total. The van der Waals surface area contributed by atoms with Crippen LogP contribution < -0.4 is 16.0 Å². The Kier molecular flexibility index (Phi) is 4.33. The average molecular weight is 263 g/mol. The van der Waals surface area contributed by atoms with Crippen molar-refractivity contribution in [1.29, 1.82) is 10.8 Å². The summed E-state index contributed by atoms with van der Waals surface area (Å²) in [4.78, 5) is 0. The first kappa shape index (κ1) is 13.3. The third-order valence-electron chi connectivity index (χ3n) is 3.07. The molecular weight excluding hydrogens is 245 g/mol. The summed E-state index contributed by atoms with van der Waals surface area (Å²) in [6.07, 6.45) is 4.53. The summed E-state index contributed by atoms with van der Waals surface area (Å²) in [5, 5.41) is 23.8. The Bertz CT molecular complexity index is 451. The van der Waals surface area contributed by atoms with Crippen molar-refractivity contribution in [2.45, 2.75) is 31.7 Å². The Morgan fingerprint density at radius 2 is 1.68 bits per heavy atom. The summed E-state index contributed by atoms with van der Waals surface area (Å²) < 4.78 is 12.7. The van der Waals surface area contributed by atoms with E-state index in [1.807, 2.05) is 0 Å². The van der Waals surface area contributed by atoms with Gasteiger partial charge in [0.15, 0.2) is 11.9 Å². The zero-order valence-electron chi connectivity index (χ0n) is 10.6. The summed E-state index contributed by atoms with van der Waals surface area (Å²) in [7, 11) is 0. The van der Waals surface area contributed by atoms with Crippen molar-refractivity contribution < 1.29 is 4.39 Å². The molecule has 0 heterocycles. The second-order valence-electron chi connectivity index (χ2n) is 4.63. The van der Waals surface area contributed by atoms with E-state index in [1.54, 1.807) is 12.1 Å². The molecule has 1 aliphatic rings. The fourth-order valence-electron chi connectivity index (χ4n) is 2.14. The van der Waals surface area contributed by atoms with Crippen LogP contribution in [0.25, 0.3) is 0 Å². The lowest BCUT2D eigenvalue weighted by Crippen LogP contribution is -2.46. The molecule has 0 bridgehead atoms. The van der Waals surface area contributed by atoms with Crippen molar-refractivity contribution >= 4 is 17.6 Å². The number of guanidine groups is 2. The molecule has 0 spiro atoms. The van der Waals surface area contributed by atoms with Crippen molar-refractivity contribution in [1.82, 2.24) is 10.6 Å². The number of halogens is 1. The molecule has 2 rings (SSSR count). The van der Waals surface area contributed by atoms with E-state index in [2.05, 4.69) is 16.0 Å². The summed E-state index contributed by atoms with van der Waals surface area (Å²) in [5.74, 6) is -0.214. The van der Waals surface area contributed by atoms with Crippen LogP contribution in [0.3, 0.4) is 0 Å². The number of nitrogens with one attached hydrogen (secondary N) is 5. The molecule has 1 aliphatic carbocycles. The molecule has 1 aromatic carbocycles. The molecule has 0 saturated heterocycles. The molecule has 0 aromatic heterocycles. The highest BCUT2D eigenvalue weighted by Crippen LogP contribution is 2.17. The fraction of sp³-hybridized carbons (Fsp3) is 0.385. The highest BCUT2D eigenvalue weighted by molar-refractivity contribution is 6.02. The minimum Gasteiger partial charge on any atom is -0.353 e. The molecule has 6 heteroatoms. The monoisotopic (exact) mass is 263 g/mol. The number of benzene rings is 1. The lowest BCUT2D eigenvalue weighted by atomic mass is 10.2. The van der Waals surface area contributed by atoms with E-state index in [-0.39, 0.29) is 17.7 Å². The van der Waals surface area contributed by atoms with Crippen LogP contribution in [0.5, 0.6) is 0 Å². The lowest BCUT2D eigenvalue weighted by Gasteiger charge is -2.16. The van der Waals surface area contributed by atoms with Crippen LogP contribution in [0.15, 0.2) is 24.3 Å². The zero-order valence-corrected chi connectivity index (χ0v) is 10.6. The molecule has 1 aromatic rings. The Balaban J connectivity index is 1.77. The normalized spacial score (nSPS) is 15.0. The van der Waals surface area contributed by atoms with Gasteiger partial charge in [-0.1, -0.05) is 12.8 Å². The van der Waals surface area contributed by atoms with Crippen molar-refractivity contribution in [2.24, 2.45) is 0 Å². The Hall–Kier alpha value is -2.11. The van der Waals surface area contributed by atoms with Crippen LogP contribution in [0.1, 0.15) is 25.7 Å². The van der Waals surface area contributed by atoms with E-state index in [9.17, 15) is 4.39 Å². The second kappa shape index (κ2) is 6.17. The van der Waals surface area contributed by atoms with Crippen molar-refractivity contribution in [3.8, 4) is 0 Å². The Morgan fingerprint density at radius 3 is 2.32 bits per heavy atom. The van der Waals surface area contributed by atoms with E-state index < -0.39 is 0 Å². The quantitative estimate of drug-likeness (QED) is 0.419. The van der Waals surface area contributed by atoms with Crippen LogP contribution >= 0.6 is 0 Å². The molecular formula is C13H18FN5. The maximum Gasteiger partial charge on any atom is 0.199 e. The number of rotatable bonds is 2. The van der Waals surface area contributed by atoms with Gasteiger partial charge >= 0.3 is 0 Å². The summed E-state index contributed by atoms with van der Waals surface area (Å²) in [6.45, 7) is 0. The number of hydrogen-bond donors (Lipinski definition) is 5. The molecule has 0 amide bonds. The lowest BCUT2D eigenvalue weighted by molar-refractivity contribution is 0.621. The first-order valence-electron chi connectivity index (χ1n) is 6.37. The van der Waals surface area contributed by atoms with E-state index in [4.69, 9.17) is 10.8 Å². The molecule has 0 unspecified atom stereocenters. The SMILES string of the molecule is N=C(NC(=N)NC1CCCC1)Nc1ccc(F)cc1. The minimum atomic E-state index is -0.319. The van der Waals surface area contributed by atoms with E-state index in [0.29, 0.717) is 11.7 Å². The number of hydrogen-bond acceptors (Lipinski definition) is 2. The number of anilines is 1. The summed E-state index contributed by atoms with van der Waals surface area (Å²) >= 11 is 0. The largest absolute Gasteiger partial charge is 0.353 e. The molecule has 0 aliphatic heterocycles. The van der Waals surface area contributed by atoms with E-state index in [0.717, 1.165) is 12.8 Å². The van der Waals surface area contributed by atoms with Gasteiger partial charge in [0.25, 0.3) is 0 Å². The zero-order chi connectivity index (χ0) is 13.7. The first-order chi connectivity index (χ1) is 9.13. The van der Waals surface area contributed by atoms with Gasteiger partial charge in [0, 0.05) is 11.7 Å². The van der Waals surface area contributed by atoms with Crippen LogP contribution in [-0.2, 0) is 0 Å². The minimum absolute atomic E-state index is 0.0119. The predicted octanol–water partition coefficient (Wildman–Crippen LogP) is 2.23. The van der Waals surface area contributed by atoms with Crippen molar-refractivity contribution in [3.05, 3.63) is 30.1 Å². The standard InChI is InChI=1S/C13H18FN5/c14-9-5-7-11(8-6-9)18-13(16)19-12(15)17-10-3-1-2-4-10/h5-8,10H,1-4H2,(H5,15,16,17,18,19). The maximum atomic E-state index is 12.7. The van der Waals surface area contributed by atoms with E-state index >= 15 is 0 Å². The van der Waals surface area contributed by atoms with Gasteiger partial charge in [-0.05, 0) is 37.1 Å². The van der Waals surface area contributed by atoms with Crippen molar-refractivity contribution in [2.75, 3.05) is 5.32 Å². The van der Waals surface area contributed by atoms with Gasteiger partial charge in [0.2, 0.25) is 0 Å². The third-order valence-corrected chi connectivity index (χ3v) is 3.07. The maximum absolute atomic E-state index is 12.7. The second-order valence-corrected chi connectivity index (χ2v) is 4.63. The Labute approximate surface area is 111 Å². The van der Waals surface area contributed by atoms with Crippen LogP contribution in [0.2, 0.25) is 0 Å². The van der Waals surface area contributed by atoms with Gasteiger partial charge in [-0.2, -0.15) is 0 Å². The van der Waals surface area contributed by atoms with Gasteiger partial charge in [-0.15, -0.1) is 0 Å². The van der Waals surface area contributed by atoms with Crippen LogP contribution in [0.4, 0.5) is 10.1 Å². The van der Waals surface area contributed by atoms with Gasteiger partial charge < -0.3 is 10.6 Å². The summed E-state index contributed by atoms with van der Waals surface area (Å²) in [6, 6.07) is 6.05. The van der Waals surface area contributed by atoms with E-state index in [1.165, 1.54) is 25.0 Å². The highest BCUT2D eigenvalue weighted by Gasteiger charge is 2.15. The van der Waals surface area contributed by atoms with Gasteiger partial charge in [0.05, 0.1) is 0 Å². The van der Waals surface area contributed by atoms with Gasteiger partial charge in [0.1, 0.15) is 5.82 Å². The first-order valence-corrected chi connectivity index (χ1v) is 6.37. The Morgan fingerprint density at radius 1 is 1.05 bits per heavy atom. The molecule has 19 heavy (non-hydrogen) atoms. The molecule has 0 radical (unpaired) electrons. The fourth-order valence-corrected chi connectivity index (χ4v) is 2.14. The third kappa shape index (κ3) is 4.24. The average Bonchev–Trinajstić information content (AvgIpc) is 2.84. The summed E-state index contributed by atoms with van der Waals surface area (Å²) in [5.41, 5.74) is 0.604. The molecule has 1 saturated carbocycles. The van der Waals surface area contributed by atoms with Gasteiger partial charge in [-0.25, -0.2) is 4.39 Å². The predicted molar refractivity (Wildman–Crippen MR) is 74.0 cm³/mol. The van der Waals surface area contributed by atoms with Gasteiger partial charge in [-0.3, -0.25) is 16.1 Å². The van der Waals surface area contributed by atoms with Crippen LogP contribution in [-0.4, -0.2) is 18.0 Å². The smallest absolute Gasteiger partial charge is 0.199 e. The molecule has 5 nitrogen and oxygen atoms in total. The van der Waals surface area contributed by atoms with Crippen LogP contribution in [0, 0.1) is 16.6 Å². The molecule has 0 atom stereocenters.